The van der Waals surface area contributed by atoms with E-state index in [0.29, 0.717) is 30.7 Å². The van der Waals surface area contributed by atoms with Crippen LogP contribution in [0.5, 0.6) is 5.75 Å². The highest BCUT2D eigenvalue weighted by Crippen LogP contribution is 2.21. The molecule has 0 saturated carbocycles. The summed E-state index contributed by atoms with van der Waals surface area (Å²) in [5.74, 6) is 1.16. The van der Waals surface area contributed by atoms with Crippen molar-refractivity contribution >= 4 is 0 Å². The molecule has 21 heavy (non-hydrogen) atoms. The van der Waals surface area contributed by atoms with E-state index < -0.39 is 0 Å². The van der Waals surface area contributed by atoms with E-state index in [1.165, 1.54) is 0 Å². The van der Waals surface area contributed by atoms with Crippen molar-refractivity contribution in [3.63, 3.8) is 0 Å². The Bertz CT molecular complexity index is 431. The number of ether oxygens (including phenoxy) is 2. The maximum absolute atomic E-state index is 14.0. The van der Waals surface area contributed by atoms with Crippen LogP contribution < -0.4 is 10.1 Å². The lowest BCUT2D eigenvalue weighted by Gasteiger charge is -2.22. The summed E-state index contributed by atoms with van der Waals surface area (Å²) in [4.78, 5) is 0. The zero-order chi connectivity index (χ0) is 15.1. The van der Waals surface area contributed by atoms with Gasteiger partial charge in [-0.3, -0.25) is 0 Å². The first-order valence-corrected chi connectivity index (χ1v) is 7.85. The minimum Gasteiger partial charge on any atom is -0.490 e. The summed E-state index contributed by atoms with van der Waals surface area (Å²) in [5, 5.41) is 3.31. The van der Waals surface area contributed by atoms with Gasteiger partial charge in [-0.05, 0) is 48.9 Å². The van der Waals surface area contributed by atoms with Crippen molar-refractivity contribution in [1.82, 2.24) is 5.32 Å². The van der Waals surface area contributed by atoms with Crippen LogP contribution >= 0.6 is 0 Å². The van der Waals surface area contributed by atoms with Crippen LogP contribution in [-0.2, 0) is 11.3 Å². The van der Waals surface area contributed by atoms with E-state index in [2.05, 4.69) is 19.2 Å². The molecular weight excluding hydrogens is 269 g/mol. The minimum absolute atomic E-state index is 0.272. The monoisotopic (exact) mass is 295 g/mol. The molecule has 0 aromatic heterocycles. The van der Waals surface area contributed by atoms with Gasteiger partial charge in [0.25, 0.3) is 0 Å². The molecule has 0 spiro atoms. The third-order valence-corrected chi connectivity index (χ3v) is 3.69. The third-order valence-electron chi connectivity index (χ3n) is 3.69. The highest BCUT2D eigenvalue weighted by molar-refractivity contribution is 5.29. The fraction of sp³-hybridized carbons (Fsp3) is 0.647. The van der Waals surface area contributed by atoms with Gasteiger partial charge in [-0.1, -0.05) is 19.9 Å². The van der Waals surface area contributed by atoms with Gasteiger partial charge in [0.1, 0.15) is 0 Å². The Morgan fingerprint density at radius 2 is 2.10 bits per heavy atom. The molecule has 1 aliphatic rings. The predicted octanol–water partition coefficient (Wildman–Crippen LogP) is 3.38. The van der Waals surface area contributed by atoms with E-state index >= 15 is 0 Å². The topological polar surface area (TPSA) is 30.5 Å². The van der Waals surface area contributed by atoms with Gasteiger partial charge in [0.05, 0.1) is 6.61 Å². The molecule has 0 unspecified atom stereocenters. The standard InChI is InChI=1S/C17H26FNO2/c1-13(2)10-19-11-15-3-4-17(16(18)9-15)21-12-14-5-7-20-8-6-14/h3-4,9,13-14,19H,5-8,10-12H2,1-2H3. The molecule has 4 heteroatoms. The Hall–Kier alpha value is -1.13. The van der Waals surface area contributed by atoms with Crippen LogP contribution in [0.25, 0.3) is 0 Å². The average molecular weight is 295 g/mol. The van der Waals surface area contributed by atoms with E-state index in [1.54, 1.807) is 12.1 Å². The molecule has 2 rings (SSSR count). The quantitative estimate of drug-likeness (QED) is 0.836. The lowest BCUT2D eigenvalue weighted by atomic mass is 10.0. The van der Waals surface area contributed by atoms with Crippen LogP contribution in [0.3, 0.4) is 0 Å². The van der Waals surface area contributed by atoms with Crippen molar-refractivity contribution in [2.75, 3.05) is 26.4 Å². The van der Waals surface area contributed by atoms with Crippen molar-refractivity contribution in [3.8, 4) is 5.75 Å². The summed E-state index contributed by atoms with van der Waals surface area (Å²) in [5.41, 5.74) is 0.951. The first-order valence-electron chi connectivity index (χ1n) is 7.85. The highest BCUT2D eigenvalue weighted by Gasteiger charge is 2.15. The second-order valence-electron chi connectivity index (χ2n) is 6.16. The van der Waals surface area contributed by atoms with Gasteiger partial charge < -0.3 is 14.8 Å². The first kappa shape index (κ1) is 16.2. The summed E-state index contributed by atoms with van der Waals surface area (Å²) < 4.78 is 24.9. The maximum atomic E-state index is 14.0. The molecule has 3 nitrogen and oxygen atoms in total. The molecule has 0 radical (unpaired) electrons. The summed E-state index contributed by atoms with van der Waals surface area (Å²) in [6.45, 7) is 8.08. The van der Waals surface area contributed by atoms with Crippen LogP contribution in [0.2, 0.25) is 0 Å². The Balaban J connectivity index is 1.80. The highest BCUT2D eigenvalue weighted by atomic mass is 19.1. The molecule has 0 bridgehead atoms. The normalized spacial score (nSPS) is 16.4. The second-order valence-corrected chi connectivity index (χ2v) is 6.16. The number of benzene rings is 1. The summed E-state index contributed by atoms with van der Waals surface area (Å²) in [6.07, 6.45) is 2.00. The van der Waals surface area contributed by atoms with Gasteiger partial charge in [-0.2, -0.15) is 0 Å². The van der Waals surface area contributed by atoms with Crippen molar-refractivity contribution in [1.29, 1.82) is 0 Å². The molecule has 1 aromatic rings. The zero-order valence-electron chi connectivity index (χ0n) is 13.0. The Morgan fingerprint density at radius 3 is 2.76 bits per heavy atom. The molecule has 0 atom stereocenters. The number of rotatable bonds is 7. The van der Waals surface area contributed by atoms with E-state index in [-0.39, 0.29) is 5.82 Å². The number of halogens is 1. The summed E-state index contributed by atoms with van der Waals surface area (Å²) in [7, 11) is 0. The van der Waals surface area contributed by atoms with E-state index in [0.717, 1.165) is 38.2 Å². The van der Waals surface area contributed by atoms with Crippen LogP contribution in [0.1, 0.15) is 32.3 Å². The summed E-state index contributed by atoms with van der Waals surface area (Å²) in [6, 6.07) is 5.23. The molecular formula is C17H26FNO2. The Labute approximate surface area is 126 Å². The zero-order valence-corrected chi connectivity index (χ0v) is 13.0. The van der Waals surface area contributed by atoms with E-state index in [9.17, 15) is 4.39 Å². The van der Waals surface area contributed by atoms with Gasteiger partial charge in [-0.25, -0.2) is 4.39 Å². The van der Waals surface area contributed by atoms with Gasteiger partial charge in [0.2, 0.25) is 0 Å². The van der Waals surface area contributed by atoms with Crippen molar-refractivity contribution in [2.45, 2.75) is 33.2 Å². The number of hydrogen-bond acceptors (Lipinski definition) is 3. The van der Waals surface area contributed by atoms with Crippen LogP contribution in [0.4, 0.5) is 4.39 Å². The SMILES string of the molecule is CC(C)CNCc1ccc(OCC2CCOCC2)c(F)c1. The smallest absolute Gasteiger partial charge is 0.165 e. The molecule has 118 valence electrons. The lowest BCUT2D eigenvalue weighted by Crippen LogP contribution is -2.21. The third kappa shape index (κ3) is 5.64. The Kier molecular flexibility index (Phi) is 6.46. The van der Waals surface area contributed by atoms with Crippen LogP contribution in [-0.4, -0.2) is 26.4 Å². The Morgan fingerprint density at radius 1 is 1.33 bits per heavy atom. The molecule has 1 aliphatic heterocycles. The second kappa shape index (κ2) is 8.35. The average Bonchev–Trinajstić information content (AvgIpc) is 2.47. The lowest BCUT2D eigenvalue weighted by molar-refractivity contribution is 0.0491. The van der Waals surface area contributed by atoms with Crippen molar-refractivity contribution in [3.05, 3.63) is 29.6 Å². The maximum Gasteiger partial charge on any atom is 0.165 e. The predicted molar refractivity (Wildman–Crippen MR) is 82.0 cm³/mol. The van der Waals surface area contributed by atoms with Gasteiger partial charge in [-0.15, -0.1) is 0 Å². The molecule has 1 aromatic carbocycles. The molecule has 1 saturated heterocycles. The van der Waals surface area contributed by atoms with E-state index in [4.69, 9.17) is 9.47 Å². The molecule has 1 fully saturated rings. The molecule has 1 heterocycles. The van der Waals surface area contributed by atoms with Crippen LogP contribution in [0.15, 0.2) is 18.2 Å². The number of nitrogens with one attached hydrogen (secondary N) is 1. The largest absolute Gasteiger partial charge is 0.490 e. The molecule has 0 aliphatic carbocycles. The van der Waals surface area contributed by atoms with Crippen molar-refractivity contribution < 1.29 is 13.9 Å². The first-order chi connectivity index (χ1) is 10.1. The minimum atomic E-state index is -0.272. The summed E-state index contributed by atoms with van der Waals surface area (Å²) >= 11 is 0. The van der Waals surface area contributed by atoms with Gasteiger partial charge in [0, 0.05) is 19.8 Å². The number of hydrogen-bond donors (Lipinski definition) is 1. The molecule has 0 amide bonds. The van der Waals surface area contributed by atoms with E-state index in [1.807, 2.05) is 6.07 Å². The fourth-order valence-electron chi connectivity index (χ4n) is 2.40. The van der Waals surface area contributed by atoms with Crippen molar-refractivity contribution in [2.24, 2.45) is 11.8 Å². The van der Waals surface area contributed by atoms with Gasteiger partial charge in [0.15, 0.2) is 11.6 Å². The van der Waals surface area contributed by atoms with Gasteiger partial charge >= 0.3 is 0 Å². The molecule has 1 N–H and O–H groups in total. The fourth-order valence-corrected chi connectivity index (χ4v) is 2.40. The van der Waals surface area contributed by atoms with Crippen LogP contribution in [0, 0.1) is 17.7 Å².